The SMILES string of the molecule is CNc1cc(C2CC(=O)N(Cc3ccccc3)C2)nc(CN(C)Cc2ccc(OC)cc2)n1. The molecule has 2 aromatic carbocycles. The Balaban J connectivity index is 1.44. The Kier molecular flexibility index (Phi) is 7.19. The third-order valence-corrected chi connectivity index (χ3v) is 5.92. The molecule has 2 heterocycles. The van der Waals surface area contributed by atoms with Crippen LogP contribution in [0.2, 0.25) is 0 Å². The van der Waals surface area contributed by atoms with Crippen LogP contribution in [0.4, 0.5) is 5.82 Å². The van der Waals surface area contributed by atoms with Gasteiger partial charge in [0.2, 0.25) is 5.91 Å². The van der Waals surface area contributed by atoms with E-state index in [2.05, 4.69) is 46.5 Å². The number of methoxy groups -OCH3 is 1. The van der Waals surface area contributed by atoms with E-state index in [1.807, 2.05) is 48.3 Å². The van der Waals surface area contributed by atoms with Gasteiger partial charge in [0.05, 0.1) is 19.3 Å². The summed E-state index contributed by atoms with van der Waals surface area (Å²) in [6, 6.07) is 20.2. The van der Waals surface area contributed by atoms with E-state index >= 15 is 0 Å². The Morgan fingerprint density at radius 3 is 2.52 bits per heavy atom. The molecule has 1 unspecified atom stereocenters. The Hall–Kier alpha value is -3.45. The molecule has 0 radical (unpaired) electrons. The van der Waals surface area contributed by atoms with Crippen LogP contribution in [0, 0.1) is 0 Å². The van der Waals surface area contributed by atoms with Crippen molar-refractivity contribution >= 4 is 11.7 Å². The molecule has 3 aromatic rings. The lowest BCUT2D eigenvalue weighted by Crippen LogP contribution is -2.24. The van der Waals surface area contributed by atoms with Gasteiger partial charge in [-0.25, -0.2) is 9.97 Å². The first-order valence-corrected chi connectivity index (χ1v) is 11.2. The van der Waals surface area contributed by atoms with Gasteiger partial charge in [-0.15, -0.1) is 0 Å². The van der Waals surface area contributed by atoms with Gasteiger partial charge in [-0.1, -0.05) is 42.5 Å². The van der Waals surface area contributed by atoms with Gasteiger partial charge >= 0.3 is 0 Å². The molecule has 172 valence electrons. The largest absolute Gasteiger partial charge is 0.497 e. The van der Waals surface area contributed by atoms with E-state index in [-0.39, 0.29) is 11.8 Å². The lowest BCUT2D eigenvalue weighted by atomic mass is 10.0. The fraction of sp³-hybridized carbons (Fsp3) is 0.346. The molecular weight excluding hydrogens is 414 g/mol. The van der Waals surface area contributed by atoms with Crippen LogP contribution >= 0.6 is 0 Å². The quantitative estimate of drug-likeness (QED) is 0.542. The topological polar surface area (TPSA) is 70.6 Å². The summed E-state index contributed by atoms with van der Waals surface area (Å²) in [5.41, 5.74) is 3.26. The van der Waals surface area contributed by atoms with Crippen LogP contribution in [-0.2, 0) is 24.4 Å². The number of hydrogen-bond donors (Lipinski definition) is 1. The van der Waals surface area contributed by atoms with Crippen molar-refractivity contribution in [2.24, 2.45) is 0 Å². The highest BCUT2D eigenvalue weighted by molar-refractivity contribution is 5.79. The molecular formula is C26H31N5O2. The van der Waals surface area contributed by atoms with Gasteiger partial charge in [-0.3, -0.25) is 9.69 Å². The summed E-state index contributed by atoms with van der Waals surface area (Å²) in [5.74, 6) is 2.63. The molecule has 0 bridgehead atoms. The number of nitrogens with one attached hydrogen (secondary N) is 1. The van der Waals surface area contributed by atoms with Crippen molar-refractivity contribution in [2.45, 2.75) is 32.0 Å². The highest BCUT2D eigenvalue weighted by Gasteiger charge is 2.32. The van der Waals surface area contributed by atoms with Crippen LogP contribution in [0.15, 0.2) is 60.7 Å². The summed E-state index contributed by atoms with van der Waals surface area (Å²) >= 11 is 0. The molecule has 7 nitrogen and oxygen atoms in total. The summed E-state index contributed by atoms with van der Waals surface area (Å²) < 4.78 is 5.24. The van der Waals surface area contributed by atoms with Crippen LogP contribution in [0.25, 0.3) is 0 Å². The number of aromatic nitrogens is 2. The van der Waals surface area contributed by atoms with Crippen molar-refractivity contribution in [3.8, 4) is 5.75 Å². The first-order chi connectivity index (χ1) is 16.0. The maximum Gasteiger partial charge on any atom is 0.223 e. The number of amides is 1. The number of carbonyl (C=O) groups is 1. The normalized spacial score (nSPS) is 15.8. The number of anilines is 1. The summed E-state index contributed by atoms with van der Waals surface area (Å²) in [5, 5.41) is 3.15. The molecule has 0 aliphatic carbocycles. The third kappa shape index (κ3) is 5.87. The van der Waals surface area contributed by atoms with Gasteiger partial charge in [-0.2, -0.15) is 0 Å². The lowest BCUT2D eigenvalue weighted by Gasteiger charge is -2.19. The molecule has 1 N–H and O–H groups in total. The van der Waals surface area contributed by atoms with Crippen LogP contribution in [0.5, 0.6) is 5.75 Å². The number of hydrogen-bond acceptors (Lipinski definition) is 6. The van der Waals surface area contributed by atoms with E-state index < -0.39 is 0 Å². The van der Waals surface area contributed by atoms with Gasteiger partial charge in [0.15, 0.2) is 0 Å². The predicted molar refractivity (Wildman–Crippen MR) is 129 cm³/mol. The zero-order valence-corrected chi connectivity index (χ0v) is 19.5. The molecule has 0 saturated carbocycles. The Labute approximate surface area is 195 Å². The van der Waals surface area contributed by atoms with Gasteiger partial charge in [0, 0.05) is 45.1 Å². The van der Waals surface area contributed by atoms with Gasteiger partial charge in [-0.05, 0) is 30.3 Å². The fourth-order valence-corrected chi connectivity index (χ4v) is 4.19. The highest BCUT2D eigenvalue weighted by Crippen LogP contribution is 2.29. The minimum atomic E-state index is 0.0713. The van der Waals surface area contributed by atoms with E-state index in [1.165, 1.54) is 5.56 Å². The monoisotopic (exact) mass is 445 g/mol. The molecule has 1 aliphatic rings. The number of rotatable bonds is 9. The number of likely N-dealkylation sites (tertiary alicyclic amines) is 1. The van der Waals surface area contributed by atoms with Crippen LogP contribution in [0.3, 0.4) is 0 Å². The second-order valence-corrected chi connectivity index (χ2v) is 8.53. The molecule has 1 aliphatic heterocycles. The third-order valence-electron chi connectivity index (χ3n) is 5.92. The second-order valence-electron chi connectivity index (χ2n) is 8.53. The minimum Gasteiger partial charge on any atom is -0.497 e. The summed E-state index contributed by atoms with van der Waals surface area (Å²) in [6.07, 6.45) is 0.480. The van der Waals surface area contributed by atoms with Gasteiger partial charge < -0.3 is 15.0 Å². The van der Waals surface area contributed by atoms with Crippen molar-refractivity contribution in [1.82, 2.24) is 19.8 Å². The van der Waals surface area contributed by atoms with Gasteiger partial charge in [0.1, 0.15) is 17.4 Å². The standard InChI is InChI=1S/C26H31N5O2/c1-27-24-14-23(21-13-26(32)31(17-21)16-19-7-5-4-6-8-19)28-25(29-24)18-30(2)15-20-9-11-22(33-3)12-10-20/h4-12,14,21H,13,15-18H2,1-3H3,(H,27,28,29). The van der Waals surface area contributed by atoms with Crippen molar-refractivity contribution in [3.05, 3.63) is 83.3 Å². The molecule has 1 saturated heterocycles. The highest BCUT2D eigenvalue weighted by atomic mass is 16.5. The smallest absolute Gasteiger partial charge is 0.223 e. The zero-order chi connectivity index (χ0) is 23.2. The predicted octanol–water partition coefficient (Wildman–Crippen LogP) is 3.68. The molecule has 4 rings (SSSR count). The molecule has 1 aromatic heterocycles. The van der Waals surface area contributed by atoms with E-state index in [0.29, 0.717) is 26.1 Å². The molecule has 7 heteroatoms. The second kappa shape index (κ2) is 10.4. The fourth-order valence-electron chi connectivity index (χ4n) is 4.19. The molecule has 1 fully saturated rings. The first kappa shape index (κ1) is 22.7. The zero-order valence-electron chi connectivity index (χ0n) is 19.5. The maximum atomic E-state index is 12.7. The Morgan fingerprint density at radius 2 is 1.82 bits per heavy atom. The average Bonchev–Trinajstić information content (AvgIpc) is 3.20. The number of ether oxygens (including phenoxy) is 1. The van der Waals surface area contributed by atoms with E-state index in [4.69, 9.17) is 9.72 Å². The van der Waals surface area contributed by atoms with Gasteiger partial charge in [0.25, 0.3) is 0 Å². The number of benzene rings is 2. The van der Waals surface area contributed by atoms with Crippen LogP contribution in [-0.4, -0.2) is 53.4 Å². The maximum absolute atomic E-state index is 12.7. The van der Waals surface area contributed by atoms with E-state index in [9.17, 15) is 4.79 Å². The molecule has 0 spiro atoms. The molecule has 1 atom stereocenters. The van der Waals surface area contributed by atoms with Crippen molar-refractivity contribution in [1.29, 1.82) is 0 Å². The van der Waals surface area contributed by atoms with Crippen molar-refractivity contribution in [3.63, 3.8) is 0 Å². The average molecular weight is 446 g/mol. The Bertz CT molecular complexity index is 1070. The van der Waals surface area contributed by atoms with Crippen molar-refractivity contribution < 1.29 is 9.53 Å². The minimum absolute atomic E-state index is 0.0713. The lowest BCUT2D eigenvalue weighted by molar-refractivity contribution is -0.128. The van der Waals surface area contributed by atoms with Crippen LogP contribution < -0.4 is 10.1 Å². The summed E-state index contributed by atoms with van der Waals surface area (Å²) in [4.78, 5) is 26.3. The van der Waals surface area contributed by atoms with E-state index in [1.54, 1.807) is 7.11 Å². The van der Waals surface area contributed by atoms with E-state index in [0.717, 1.165) is 35.2 Å². The molecule has 33 heavy (non-hydrogen) atoms. The Morgan fingerprint density at radius 1 is 1.06 bits per heavy atom. The first-order valence-electron chi connectivity index (χ1n) is 11.2. The summed E-state index contributed by atoms with van der Waals surface area (Å²) in [6.45, 7) is 2.70. The number of carbonyl (C=O) groups excluding carboxylic acids is 1. The number of nitrogens with zero attached hydrogens (tertiary/aromatic N) is 4. The van der Waals surface area contributed by atoms with Crippen molar-refractivity contribution in [2.75, 3.05) is 33.1 Å². The summed E-state index contributed by atoms with van der Waals surface area (Å²) in [7, 11) is 5.59. The molecule has 1 amide bonds. The van der Waals surface area contributed by atoms with Crippen LogP contribution in [0.1, 0.15) is 35.0 Å².